The van der Waals surface area contributed by atoms with Crippen molar-refractivity contribution in [2.24, 2.45) is 5.92 Å². The lowest BCUT2D eigenvalue weighted by molar-refractivity contribution is -0.124. The molecular weight excluding hydrogens is 420 g/mol. The molecule has 0 aliphatic carbocycles. The largest absolute Gasteiger partial charge is 0.496 e. The number of methoxy groups -OCH3 is 1. The minimum absolute atomic E-state index is 0.0530. The zero-order valence-corrected chi connectivity index (χ0v) is 18.5. The van der Waals surface area contributed by atoms with E-state index in [1.807, 2.05) is 64.1 Å². The van der Waals surface area contributed by atoms with Gasteiger partial charge < -0.3 is 15.4 Å². The maximum atomic E-state index is 12.9. The fourth-order valence-corrected chi connectivity index (χ4v) is 3.48. The molecule has 0 heterocycles. The van der Waals surface area contributed by atoms with Crippen LogP contribution in [0.5, 0.6) is 5.75 Å². The summed E-state index contributed by atoms with van der Waals surface area (Å²) in [5.74, 6) is 0.221. The molecule has 2 rings (SSSR count). The van der Waals surface area contributed by atoms with E-state index in [0.717, 1.165) is 21.3 Å². The Morgan fingerprint density at radius 3 is 2.29 bits per heavy atom. The summed E-state index contributed by atoms with van der Waals surface area (Å²) in [7, 11) is 1.61. The van der Waals surface area contributed by atoms with Crippen LogP contribution in [0.15, 0.2) is 46.9 Å². The number of benzene rings is 2. The van der Waals surface area contributed by atoms with Crippen molar-refractivity contribution in [3.05, 3.63) is 63.6 Å². The van der Waals surface area contributed by atoms with Gasteiger partial charge in [-0.1, -0.05) is 38.1 Å². The Morgan fingerprint density at radius 1 is 1.04 bits per heavy atom. The monoisotopic (exact) mass is 446 g/mol. The van der Waals surface area contributed by atoms with Gasteiger partial charge in [-0.05, 0) is 65.0 Å². The number of aryl methyl sites for hydroxylation is 1. The standard InChI is InChI=1S/C22H27BrN2O3/c1-13(2)20(25-21(26)17-9-7-6-8-14(17)3)22(27)24-15(4)16-10-11-19(28-5)18(23)12-16/h6-13,15,20H,1-5H3,(H,24,27)(H,25,26). The van der Waals surface area contributed by atoms with E-state index in [4.69, 9.17) is 4.74 Å². The highest BCUT2D eigenvalue weighted by Crippen LogP contribution is 2.28. The predicted molar refractivity (Wildman–Crippen MR) is 115 cm³/mol. The predicted octanol–water partition coefficient (Wildman–Crippen LogP) is 4.40. The summed E-state index contributed by atoms with van der Waals surface area (Å²) >= 11 is 3.46. The Kier molecular flexibility index (Phi) is 7.63. The topological polar surface area (TPSA) is 67.4 Å². The number of rotatable bonds is 7. The molecule has 0 aliphatic rings. The molecule has 0 saturated carbocycles. The van der Waals surface area contributed by atoms with E-state index >= 15 is 0 Å². The van der Waals surface area contributed by atoms with Gasteiger partial charge in [0, 0.05) is 5.56 Å². The first kappa shape index (κ1) is 22.0. The van der Waals surface area contributed by atoms with Crippen LogP contribution < -0.4 is 15.4 Å². The molecule has 0 aliphatic heterocycles. The van der Waals surface area contributed by atoms with Crippen LogP contribution in [0.1, 0.15) is 48.3 Å². The first-order valence-corrected chi connectivity index (χ1v) is 10.0. The highest BCUT2D eigenvalue weighted by molar-refractivity contribution is 9.10. The van der Waals surface area contributed by atoms with Crippen molar-refractivity contribution in [2.45, 2.75) is 39.8 Å². The maximum Gasteiger partial charge on any atom is 0.252 e. The first-order valence-electron chi connectivity index (χ1n) is 9.25. The molecule has 2 aromatic rings. The minimum Gasteiger partial charge on any atom is -0.496 e. The third-order valence-electron chi connectivity index (χ3n) is 4.66. The Balaban J connectivity index is 2.11. The van der Waals surface area contributed by atoms with E-state index in [1.54, 1.807) is 13.2 Å². The van der Waals surface area contributed by atoms with Crippen molar-refractivity contribution in [1.82, 2.24) is 10.6 Å². The van der Waals surface area contributed by atoms with Gasteiger partial charge in [0.1, 0.15) is 11.8 Å². The fraction of sp³-hybridized carbons (Fsp3) is 0.364. The van der Waals surface area contributed by atoms with Gasteiger partial charge in [0.05, 0.1) is 17.6 Å². The van der Waals surface area contributed by atoms with Crippen LogP contribution in [-0.4, -0.2) is 25.0 Å². The van der Waals surface area contributed by atoms with E-state index in [1.165, 1.54) is 0 Å². The normalized spacial score (nSPS) is 13.0. The summed E-state index contributed by atoms with van der Waals surface area (Å²) in [5, 5.41) is 5.88. The number of hydrogen-bond donors (Lipinski definition) is 2. The van der Waals surface area contributed by atoms with E-state index in [0.29, 0.717) is 5.56 Å². The molecule has 6 heteroatoms. The quantitative estimate of drug-likeness (QED) is 0.662. The highest BCUT2D eigenvalue weighted by atomic mass is 79.9. The van der Waals surface area contributed by atoms with Crippen LogP contribution >= 0.6 is 15.9 Å². The third-order valence-corrected chi connectivity index (χ3v) is 5.28. The van der Waals surface area contributed by atoms with Crippen molar-refractivity contribution in [3.63, 3.8) is 0 Å². The van der Waals surface area contributed by atoms with E-state index < -0.39 is 6.04 Å². The molecular formula is C22H27BrN2O3. The Hall–Kier alpha value is -2.34. The second-order valence-electron chi connectivity index (χ2n) is 7.13. The average Bonchev–Trinajstić information content (AvgIpc) is 2.65. The molecule has 0 saturated heterocycles. The zero-order chi connectivity index (χ0) is 20.8. The number of carbonyl (C=O) groups is 2. The Bertz CT molecular complexity index is 851. The number of nitrogens with one attached hydrogen (secondary N) is 2. The van der Waals surface area contributed by atoms with Crippen molar-refractivity contribution in [1.29, 1.82) is 0 Å². The molecule has 2 aromatic carbocycles. The van der Waals surface area contributed by atoms with Gasteiger partial charge in [0.15, 0.2) is 0 Å². The minimum atomic E-state index is -0.628. The van der Waals surface area contributed by atoms with Gasteiger partial charge in [-0.2, -0.15) is 0 Å². The van der Waals surface area contributed by atoms with Gasteiger partial charge in [-0.3, -0.25) is 9.59 Å². The maximum absolute atomic E-state index is 12.9. The molecule has 0 bridgehead atoms. The van der Waals surface area contributed by atoms with Gasteiger partial charge >= 0.3 is 0 Å². The molecule has 150 valence electrons. The van der Waals surface area contributed by atoms with Crippen LogP contribution in [-0.2, 0) is 4.79 Å². The SMILES string of the molecule is COc1ccc(C(C)NC(=O)C(NC(=O)c2ccccc2C)C(C)C)cc1Br. The number of ether oxygens (including phenoxy) is 1. The number of halogens is 1. The van der Waals surface area contributed by atoms with Gasteiger partial charge in [-0.15, -0.1) is 0 Å². The molecule has 0 fully saturated rings. The summed E-state index contributed by atoms with van der Waals surface area (Å²) in [6, 6.07) is 12.2. The van der Waals surface area contributed by atoms with E-state index in [-0.39, 0.29) is 23.8 Å². The molecule has 28 heavy (non-hydrogen) atoms. The van der Waals surface area contributed by atoms with Crippen molar-refractivity contribution < 1.29 is 14.3 Å². The van der Waals surface area contributed by atoms with Crippen LogP contribution in [0, 0.1) is 12.8 Å². The van der Waals surface area contributed by atoms with Crippen molar-refractivity contribution in [2.75, 3.05) is 7.11 Å². The lowest BCUT2D eigenvalue weighted by Crippen LogP contribution is -2.50. The highest BCUT2D eigenvalue weighted by Gasteiger charge is 2.26. The number of carbonyl (C=O) groups excluding carboxylic acids is 2. The second-order valence-corrected chi connectivity index (χ2v) is 7.99. The third kappa shape index (κ3) is 5.35. The van der Waals surface area contributed by atoms with Crippen molar-refractivity contribution >= 4 is 27.7 Å². The molecule has 5 nitrogen and oxygen atoms in total. The average molecular weight is 447 g/mol. The number of hydrogen-bond acceptors (Lipinski definition) is 3. The van der Waals surface area contributed by atoms with Gasteiger partial charge in [0.2, 0.25) is 5.91 Å². The molecule has 0 radical (unpaired) electrons. The Morgan fingerprint density at radius 2 is 1.71 bits per heavy atom. The zero-order valence-electron chi connectivity index (χ0n) is 16.9. The summed E-state index contributed by atoms with van der Waals surface area (Å²) in [6.07, 6.45) is 0. The van der Waals surface area contributed by atoms with Crippen LogP contribution in [0.25, 0.3) is 0 Å². The second kappa shape index (κ2) is 9.73. The molecule has 0 spiro atoms. The van der Waals surface area contributed by atoms with Gasteiger partial charge in [-0.25, -0.2) is 0 Å². The summed E-state index contributed by atoms with van der Waals surface area (Å²) in [4.78, 5) is 25.5. The van der Waals surface area contributed by atoms with E-state index in [9.17, 15) is 9.59 Å². The molecule has 2 unspecified atom stereocenters. The molecule has 2 atom stereocenters. The Labute approximate surface area is 175 Å². The molecule has 2 amide bonds. The smallest absolute Gasteiger partial charge is 0.252 e. The first-order chi connectivity index (χ1) is 13.2. The molecule has 0 aromatic heterocycles. The van der Waals surface area contributed by atoms with Crippen molar-refractivity contribution in [3.8, 4) is 5.75 Å². The molecule has 2 N–H and O–H groups in total. The lowest BCUT2D eigenvalue weighted by atomic mass is 10.0. The summed E-state index contributed by atoms with van der Waals surface area (Å²) in [5.41, 5.74) is 2.39. The van der Waals surface area contributed by atoms with Gasteiger partial charge in [0.25, 0.3) is 5.91 Å². The van der Waals surface area contributed by atoms with E-state index in [2.05, 4.69) is 26.6 Å². The fourth-order valence-electron chi connectivity index (χ4n) is 2.92. The summed E-state index contributed by atoms with van der Waals surface area (Å²) in [6.45, 7) is 7.61. The van der Waals surface area contributed by atoms with Crippen LogP contribution in [0.3, 0.4) is 0 Å². The summed E-state index contributed by atoms with van der Waals surface area (Å²) < 4.78 is 6.07. The van der Waals surface area contributed by atoms with Crippen LogP contribution in [0.2, 0.25) is 0 Å². The number of amides is 2. The lowest BCUT2D eigenvalue weighted by Gasteiger charge is -2.24. The van der Waals surface area contributed by atoms with Crippen LogP contribution in [0.4, 0.5) is 0 Å².